The van der Waals surface area contributed by atoms with E-state index in [1.54, 1.807) is 0 Å². The molecule has 2 unspecified atom stereocenters. The number of rotatable bonds is 4. The van der Waals surface area contributed by atoms with Crippen molar-refractivity contribution >= 4 is 12.1 Å². The van der Waals surface area contributed by atoms with Crippen LogP contribution in [0.1, 0.15) is 44.0 Å². The topological polar surface area (TPSA) is 108 Å². The summed E-state index contributed by atoms with van der Waals surface area (Å²) in [5.74, 6) is -0.917. The molecule has 172 valence electrons. The molecule has 0 spiro atoms. The highest BCUT2D eigenvalue weighted by molar-refractivity contribution is 5.89. The van der Waals surface area contributed by atoms with Crippen molar-refractivity contribution in [1.29, 1.82) is 0 Å². The molecule has 0 aromatic heterocycles. The second-order valence-electron chi connectivity index (χ2n) is 8.01. The molecule has 0 saturated carbocycles. The lowest BCUT2D eigenvalue weighted by molar-refractivity contribution is -0.624. The lowest BCUT2D eigenvalue weighted by atomic mass is 9.93. The highest BCUT2D eigenvalue weighted by Crippen LogP contribution is 2.40. The Morgan fingerprint density at radius 1 is 1.26 bits per heavy atom. The van der Waals surface area contributed by atoms with Crippen LogP contribution in [0.4, 0.5) is 18.0 Å². The number of hydrogen-bond acceptors (Lipinski definition) is 7. The van der Waals surface area contributed by atoms with Crippen molar-refractivity contribution < 1.29 is 41.9 Å². The highest BCUT2D eigenvalue weighted by Gasteiger charge is 2.60. The average Bonchev–Trinajstić information content (AvgIpc) is 2.65. The van der Waals surface area contributed by atoms with E-state index in [0.29, 0.717) is 4.90 Å². The monoisotopic (exact) mass is 448 g/mol. The molecule has 1 aromatic rings. The number of amides is 1. The molecule has 1 aliphatic rings. The normalized spacial score (nSPS) is 21.9. The van der Waals surface area contributed by atoms with Crippen LogP contribution < -0.4 is 4.74 Å². The maximum atomic E-state index is 13.8. The van der Waals surface area contributed by atoms with Crippen LogP contribution in [0.5, 0.6) is 5.75 Å². The molecule has 1 aromatic carbocycles. The van der Waals surface area contributed by atoms with E-state index in [4.69, 9.17) is 9.47 Å². The van der Waals surface area contributed by atoms with Crippen molar-refractivity contribution in [2.45, 2.75) is 57.2 Å². The number of nitro groups is 1. The summed E-state index contributed by atoms with van der Waals surface area (Å²) >= 11 is 0. The van der Waals surface area contributed by atoms with Gasteiger partial charge in [-0.3, -0.25) is 15.0 Å². The van der Waals surface area contributed by atoms with Gasteiger partial charge >= 0.3 is 24.0 Å². The molecular formula is C19H23F3N2O7. The number of carbonyl (C=O) groups is 2. The minimum Gasteiger partial charge on any atom is -0.465 e. The number of halogens is 3. The molecule has 1 aliphatic heterocycles. The molecule has 0 N–H and O–H groups in total. The van der Waals surface area contributed by atoms with Crippen LogP contribution in [0.15, 0.2) is 24.3 Å². The Hall–Kier alpha value is -3.05. The quantitative estimate of drug-likeness (QED) is 0.298. The first kappa shape index (κ1) is 24.2. The summed E-state index contributed by atoms with van der Waals surface area (Å²) in [6.07, 6.45) is -7.85. The fraction of sp³-hybridized carbons (Fsp3) is 0.579. The van der Waals surface area contributed by atoms with Crippen molar-refractivity contribution in [3.8, 4) is 5.75 Å². The van der Waals surface area contributed by atoms with Crippen LogP contribution in [0.25, 0.3) is 0 Å². The van der Waals surface area contributed by atoms with Crippen LogP contribution >= 0.6 is 0 Å². The molecule has 1 saturated heterocycles. The predicted molar refractivity (Wildman–Crippen MR) is 100 cm³/mol. The van der Waals surface area contributed by atoms with Gasteiger partial charge in [0, 0.05) is 6.54 Å². The van der Waals surface area contributed by atoms with Crippen molar-refractivity contribution in [3.05, 3.63) is 39.9 Å². The molecule has 0 aliphatic carbocycles. The number of hydrogen-bond donors (Lipinski definition) is 0. The van der Waals surface area contributed by atoms with Crippen LogP contribution in [-0.2, 0) is 9.47 Å². The first-order valence-electron chi connectivity index (χ1n) is 9.27. The zero-order chi connectivity index (χ0) is 23.6. The third-order valence-electron chi connectivity index (χ3n) is 4.53. The van der Waals surface area contributed by atoms with Gasteiger partial charge in [0.15, 0.2) is 0 Å². The third-order valence-corrected chi connectivity index (χ3v) is 4.53. The van der Waals surface area contributed by atoms with Gasteiger partial charge in [0.2, 0.25) is 0 Å². The van der Waals surface area contributed by atoms with Gasteiger partial charge in [0.1, 0.15) is 17.4 Å². The number of alkyl halides is 3. The molecule has 9 nitrogen and oxygen atoms in total. The number of likely N-dealkylation sites (tertiary alicyclic amines) is 1. The Bertz CT molecular complexity index is 854. The first-order chi connectivity index (χ1) is 14.2. The van der Waals surface area contributed by atoms with E-state index < -0.39 is 59.9 Å². The molecule has 12 heteroatoms. The fourth-order valence-corrected chi connectivity index (χ4v) is 3.12. The summed E-state index contributed by atoms with van der Waals surface area (Å²) in [6, 6.07) is 2.64. The van der Waals surface area contributed by atoms with E-state index in [-0.39, 0.29) is 11.3 Å². The van der Waals surface area contributed by atoms with Gasteiger partial charge in [-0.25, -0.2) is 9.59 Å². The summed E-state index contributed by atoms with van der Waals surface area (Å²) in [5.41, 5.74) is -3.50. The largest absolute Gasteiger partial charge is 0.465 e. The van der Waals surface area contributed by atoms with E-state index in [0.717, 1.165) is 13.2 Å². The highest BCUT2D eigenvalue weighted by atomic mass is 19.4. The van der Waals surface area contributed by atoms with E-state index in [1.165, 1.54) is 39.0 Å². The summed E-state index contributed by atoms with van der Waals surface area (Å²) in [4.78, 5) is 35.3. The number of nitrogens with zero attached hydrogens (tertiary/aromatic N) is 2. The van der Waals surface area contributed by atoms with Crippen molar-refractivity contribution in [1.82, 2.24) is 4.90 Å². The minimum absolute atomic E-state index is 0.0112. The molecule has 1 amide bonds. The number of piperidine rings is 1. The maximum Gasteiger partial charge on any atom is 0.410 e. The minimum atomic E-state index is -4.96. The van der Waals surface area contributed by atoms with E-state index >= 15 is 0 Å². The predicted octanol–water partition coefficient (Wildman–Crippen LogP) is 3.79. The van der Waals surface area contributed by atoms with Crippen molar-refractivity contribution in [2.24, 2.45) is 0 Å². The Kier molecular flexibility index (Phi) is 6.72. The van der Waals surface area contributed by atoms with Crippen LogP contribution in [-0.4, -0.2) is 59.1 Å². The maximum absolute atomic E-state index is 13.8. The Labute approximate surface area is 176 Å². The molecule has 31 heavy (non-hydrogen) atoms. The van der Waals surface area contributed by atoms with Gasteiger partial charge in [-0.1, -0.05) is 6.07 Å². The SMILES string of the molecule is COC(=O)c1cccc(OC2([N+](=O)[O-])CCN(C(=O)OC(C)(C)C)C(C(F)(F)F)C2)c1. The van der Waals surface area contributed by atoms with E-state index in [9.17, 15) is 32.9 Å². The zero-order valence-corrected chi connectivity index (χ0v) is 17.4. The van der Waals surface area contributed by atoms with Crippen molar-refractivity contribution in [2.75, 3.05) is 13.7 Å². The summed E-state index contributed by atoms with van der Waals surface area (Å²) in [6.45, 7) is 3.87. The molecule has 0 radical (unpaired) electrons. The van der Waals surface area contributed by atoms with Crippen LogP contribution in [0.3, 0.4) is 0 Å². The Morgan fingerprint density at radius 2 is 1.90 bits per heavy atom. The fourth-order valence-electron chi connectivity index (χ4n) is 3.12. The lowest BCUT2D eigenvalue weighted by Gasteiger charge is -2.42. The van der Waals surface area contributed by atoms with E-state index in [2.05, 4.69) is 4.74 Å². The van der Waals surface area contributed by atoms with Crippen molar-refractivity contribution in [3.63, 3.8) is 0 Å². The molecule has 1 heterocycles. The molecular weight excluding hydrogens is 425 g/mol. The molecule has 1 fully saturated rings. The number of esters is 1. The van der Waals surface area contributed by atoms with E-state index in [1.807, 2.05) is 0 Å². The van der Waals surface area contributed by atoms with Crippen LogP contribution in [0, 0.1) is 10.1 Å². The molecule has 2 atom stereocenters. The number of carbonyl (C=O) groups excluding carboxylic acids is 2. The zero-order valence-electron chi connectivity index (χ0n) is 17.4. The number of benzene rings is 1. The standard InChI is InChI=1S/C19H23F3N2O7/c1-17(2,3)31-16(26)23-9-8-18(24(27)28,11-14(23)19(20,21)22)30-13-7-5-6-12(10-13)15(25)29-4/h5-7,10,14H,8-9,11H2,1-4H3. The van der Waals surface area contributed by atoms with Gasteiger partial charge < -0.3 is 14.2 Å². The first-order valence-corrected chi connectivity index (χ1v) is 9.27. The summed E-state index contributed by atoms with van der Waals surface area (Å²) in [5, 5.41) is 11.8. The second kappa shape index (κ2) is 8.60. The average molecular weight is 448 g/mol. The van der Waals surface area contributed by atoms with Crippen LogP contribution in [0.2, 0.25) is 0 Å². The summed E-state index contributed by atoms with van der Waals surface area (Å²) < 4.78 is 56.3. The Morgan fingerprint density at radius 3 is 2.42 bits per heavy atom. The van der Waals surface area contributed by atoms with Gasteiger partial charge in [0.05, 0.1) is 30.4 Å². The molecule has 0 bridgehead atoms. The van der Waals surface area contributed by atoms with Gasteiger partial charge in [-0.15, -0.1) is 0 Å². The van der Waals surface area contributed by atoms with Gasteiger partial charge in [-0.05, 0) is 39.0 Å². The Balaban J connectivity index is 2.36. The van der Waals surface area contributed by atoms with Gasteiger partial charge in [0.25, 0.3) is 0 Å². The number of methoxy groups -OCH3 is 1. The number of ether oxygens (including phenoxy) is 3. The summed E-state index contributed by atoms with van der Waals surface area (Å²) in [7, 11) is 1.13. The van der Waals surface area contributed by atoms with Gasteiger partial charge in [-0.2, -0.15) is 13.2 Å². The second-order valence-corrected chi connectivity index (χ2v) is 8.01. The third kappa shape index (κ3) is 5.76. The molecule has 2 rings (SSSR count). The lowest BCUT2D eigenvalue weighted by Crippen LogP contribution is -2.62. The smallest absolute Gasteiger partial charge is 0.410 e.